The van der Waals surface area contributed by atoms with Gasteiger partial charge in [0.05, 0.1) is 23.7 Å². The lowest BCUT2D eigenvalue weighted by molar-refractivity contribution is 0.269. The van der Waals surface area contributed by atoms with Gasteiger partial charge in [-0.15, -0.1) is 0 Å². The molecule has 0 saturated heterocycles. The van der Waals surface area contributed by atoms with Crippen molar-refractivity contribution in [2.45, 2.75) is 26.9 Å². The number of halogens is 4. The number of fused-ring (bicyclic) bond motifs is 1. The zero-order valence-corrected chi connectivity index (χ0v) is 24.1. The maximum Gasteiger partial charge on any atom is 0.282 e. The number of benzene rings is 3. The number of hydrogen-bond donors (Lipinski definition) is 0. The molecule has 0 aliphatic heterocycles. The number of nitrogens with zero attached hydrogens (tertiary/aromatic N) is 3. The van der Waals surface area contributed by atoms with Gasteiger partial charge in [-0.3, -0.25) is 4.79 Å². The molecule has 0 unspecified atom stereocenters. The predicted molar refractivity (Wildman–Crippen MR) is 152 cm³/mol. The smallest absolute Gasteiger partial charge is 0.282 e. The second-order valence-electron chi connectivity index (χ2n) is 7.64. The van der Waals surface area contributed by atoms with Crippen molar-refractivity contribution in [3.8, 4) is 11.5 Å². The highest BCUT2D eigenvalue weighted by Crippen LogP contribution is 2.43. The molecular weight excluding hydrogens is 633 g/mol. The molecule has 0 atom stereocenters. The summed E-state index contributed by atoms with van der Waals surface area (Å²) in [6.07, 6.45) is 2.07. The predicted octanol–water partition coefficient (Wildman–Crippen LogP) is 7.65. The molecule has 0 aliphatic carbocycles. The molecule has 0 saturated carbocycles. The second kappa shape index (κ2) is 11.8. The summed E-state index contributed by atoms with van der Waals surface area (Å²) in [5.41, 5.74) is 1.79. The first kappa shape index (κ1) is 26.7. The Kier molecular flexibility index (Phi) is 8.72. The number of rotatable bonds is 8. The lowest BCUT2D eigenvalue weighted by Gasteiger charge is -2.16. The van der Waals surface area contributed by atoms with E-state index in [2.05, 4.69) is 41.9 Å². The van der Waals surface area contributed by atoms with Gasteiger partial charge >= 0.3 is 0 Å². The van der Waals surface area contributed by atoms with Gasteiger partial charge in [0.15, 0.2) is 11.5 Å². The van der Waals surface area contributed by atoms with E-state index in [1.54, 1.807) is 30.5 Å². The molecular formula is C26H21Br2Cl2N3O3. The molecule has 186 valence electrons. The molecule has 1 aromatic heterocycles. The van der Waals surface area contributed by atoms with E-state index in [1.165, 1.54) is 4.68 Å². The third-order valence-corrected chi connectivity index (χ3v) is 7.59. The minimum Gasteiger partial charge on any atom is -0.490 e. The molecule has 4 aromatic rings. The lowest BCUT2D eigenvalue weighted by atomic mass is 10.2. The second-order valence-corrected chi connectivity index (χ2v) is 10.1. The highest BCUT2D eigenvalue weighted by atomic mass is 79.9. The molecule has 36 heavy (non-hydrogen) atoms. The summed E-state index contributed by atoms with van der Waals surface area (Å²) in [6, 6.07) is 14.6. The van der Waals surface area contributed by atoms with Crippen LogP contribution in [-0.4, -0.2) is 22.5 Å². The summed E-state index contributed by atoms with van der Waals surface area (Å²) in [4.78, 5) is 17.8. The van der Waals surface area contributed by atoms with Crippen molar-refractivity contribution in [3.05, 3.63) is 94.8 Å². The highest BCUT2D eigenvalue weighted by molar-refractivity contribution is 9.10. The van der Waals surface area contributed by atoms with Gasteiger partial charge in [-0.25, -0.2) is 4.98 Å². The van der Waals surface area contributed by atoms with Crippen molar-refractivity contribution < 1.29 is 9.47 Å². The molecule has 0 N–H and O–H groups in total. The first-order valence-corrected chi connectivity index (χ1v) is 13.4. The van der Waals surface area contributed by atoms with Crippen LogP contribution in [0, 0.1) is 0 Å². The Balaban J connectivity index is 1.74. The van der Waals surface area contributed by atoms with E-state index in [9.17, 15) is 4.79 Å². The van der Waals surface area contributed by atoms with E-state index in [0.717, 1.165) is 10.0 Å². The van der Waals surface area contributed by atoms with Crippen LogP contribution in [0.4, 0.5) is 0 Å². The Morgan fingerprint density at radius 3 is 2.58 bits per heavy atom. The van der Waals surface area contributed by atoms with Gasteiger partial charge in [0.2, 0.25) is 0 Å². The lowest BCUT2D eigenvalue weighted by Crippen LogP contribution is -2.22. The molecule has 3 aromatic carbocycles. The summed E-state index contributed by atoms with van der Waals surface area (Å²) in [6.45, 7) is 4.41. The Bertz CT molecular complexity index is 1520. The minimum atomic E-state index is -0.263. The minimum absolute atomic E-state index is 0.215. The Hall–Kier alpha value is -2.39. The zero-order valence-electron chi connectivity index (χ0n) is 19.4. The summed E-state index contributed by atoms with van der Waals surface area (Å²) in [5.74, 6) is 1.37. The largest absolute Gasteiger partial charge is 0.490 e. The molecule has 6 nitrogen and oxygen atoms in total. The van der Waals surface area contributed by atoms with E-state index < -0.39 is 0 Å². The number of aromatic nitrogens is 2. The molecule has 1 heterocycles. The Morgan fingerprint density at radius 2 is 1.86 bits per heavy atom. The van der Waals surface area contributed by atoms with Gasteiger partial charge in [-0.1, -0.05) is 64.3 Å². The first-order valence-electron chi connectivity index (χ1n) is 11.1. The van der Waals surface area contributed by atoms with Gasteiger partial charge in [0, 0.05) is 31.5 Å². The molecule has 10 heteroatoms. The fraction of sp³-hybridized carbons (Fsp3) is 0.192. The van der Waals surface area contributed by atoms with Crippen LogP contribution in [0.25, 0.3) is 10.9 Å². The fourth-order valence-electron chi connectivity index (χ4n) is 3.52. The van der Waals surface area contributed by atoms with Gasteiger partial charge in [0.25, 0.3) is 5.56 Å². The van der Waals surface area contributed by atoms with Crippen LogP contribution in [0.5, 0.6) is 11.5 Å². The van der Waals surface area contributed by atoms with Crippen LogP contribution >= 0.6 is 55.1 Å². The number of ether oxygens (including phenoxy) is 2. The van der Waals surface area contributed by atoms with Crippen molar-refractivity contribution >= 4 is 72.2 Å². The van der Waals surface area contributed by atoms with E-state index in [-0.39, 0.29) is 12.2 Å². The van der Waals surface area contributed by atoms with Crippen LogP contribution in [-0.2, 0) is 13.0 Å². The van der Waals surface area contributed by atoms with E-state index in [1.807, 2.05) is 38.1 Å². The maximum absolute atomic E-state index is 13.2. The first-order chi connectivity index (χ1) is 17.3. The van der Waals surface area contributed by atoms with Crippen LogP contribution in [0.15, 0.2) is 67.4 Å². The highest BCUT2D eigenvalue weighted by Gasteiger charge is 2.18. The van der Waals surface area contributed by atoms with Crippen molar-refractivity contribution in [2.75, 3.05) is 6.61 Å². The third-order valence-electron chi connectivity index (χ3n) is 5.29. The number of hydrogen-bond acceptors (Lipinski definition) is 5. The molecule has 0 amide bonds. The van der Waals surface area contributed by atoms with Gasteiger partial charge in [-0.2, -0.15) is 9.78 Å². The molecule has 0 bridgehead atoms. The number of aryl methyl sites for hydroxylation is 1. The van der Waals surface area contributed by atoms with Crippen LogP contribution in [0.2, 0.25) is 10.0 Å². The Morgan fingerprint density at radius 1 is 1.08 bits per heavy atom. The average molecular weight is 654 g/mol. The third kappa shape index (κ3) is 5.62. The van der Waals surface area contributed by atoms with Crippen molar-refractivity contribution in [1.29, 1.82) is 0 Å². The van der Waals surface area contributed by atoms with Crippen molar-refractivity contribution in [3.63, 3.8) is 0 Å². The maximum atomic E-state index is 13.2. The van der Waals surface area contributed by atoms with E-state index >= 15 is 0 Å². The van der Waals surface area contributed by atoms with Crippen LogP contribution < -0.4 is 15.0 Å². The molecule has 4 rings (SSSR count). The molecule has 0 radical (unpaired) electrons. The summed E-state index contributed by atoms with van der Waals surface area (Å²) >= 11 is 19.9. The van der Waals surface area contributed by atoms with Crippen LogP contribution in [0.1, 0.15) is 30.8 Å². The Labute approximate surface area is 235 Å². The summed E-state index contributed by atoms with van der Waals surface area (Å²) in [5, 5.41) is 5.85. The van der Waals surface area contributed by atoms with E-state index in [0.29, 0.717) is 61.3 Å². The zero-order chi connectivity index (χ0) is 25.8. The summed E-state index contributed by atoms with van der Waals surface area (Å²) < 4.78 is 14.5. The topological polar surface area (TPSA) is 65.7 Å². The van der Waals surface area contributed by atoms with Crippen molar-refractivity contribution in [2.24, 2.45) is 5.10 Å². The van der Waals surface area contributed by atoms with Gasteiger partial charge in [0.1, 0.15) is 17.5 Å². The quantitative estimate of drug-likeness (QED) is 0.183. The van der Waals surface area contributed by atoms with Gasteiger partial charge < -0.3 is 9.47 Å². The monoisotopic (exact) mass is 651 g/mol. The fourth-order valence-corrected chi connectivity index (χ4v) is 4.73. The van der Waals surface area contributed by atoms with Crippen molar-refractivity contribution in [1.82, 2.24) is 9.66 Å². The van der Waals surface area contributed by atoms with Gasteiger partial charge in [-0.05, 0) is 53.2 Å². The standard InChI is InChI=1S/C26H21Br2Cl2N3O3/c1-3-22-32-20-10-9-17(27)12-18(20)26(34)33(22)31-13-16-11-21(35-4-2)25(24(30)23(16)28)36-14-15-7-5-6-8-19(15)29/h5-13H,3-4,14H2,1-2H3. The molecule has 0 aliphatic rings. The van der Waals surface area contributed by atoms with Crippen LogP contribution in [0.3, 0.4) is 0 Å². The SMILES string of the molecule is CCOc1cc(C=Nn2c(CC)nc3ccc(Br)cc3c2=O)c(Br)c(Cl)c1OCc1ccccc1Cl. The van der Waals surface area contributed by atoms with E-state index in [4.69, 9.17) is 32.7 Å². The average Bonchev–Trinajstić information content (AvgIpc) is 2.87. The molecule has 0 spiro atoms. The molecule has 0 fully saturated rings. The normalized spacial score (nSPS) is 11.4. The summed E-state index contributed by atoms with van der Waals surface area (Å²) in [7, 11) is 0.